The molecule has 4 heteroatoms. The predicted molar refractivity (Wildman–Crippen MR) is 81.1 cm³/mol. The minimum atomic E-state index is 0.362. The fourth-order valence-corrected chi connectivity index (χ4v) is 1.89. The van der Waals surface area contributed by atoms with Crippen LogP contribution in [0.15, 0.2) is 48.8 Å². The third kappa shape index (κ3) is 4.72. The van der Waals surface area contributed by atoms with E-state index >= 15 is 0 Å². The van der Waals surface area contributed by atoms with Crippen LogP contribution < -0.4 is 10.6 Å². The van der Waals surface area contributed by atoms with E-state index in [0.717, 1.165) is 24.5 Å². The molecule has 0 aliphatic rings. The van der Waals surface area contributed by atoms with Crippen LogP contribution in [0.4, 0.5) is 0 Å². The van der Waals surface area contributed by atoms with E-state index in [2.05, 4.69) is 34.4 Å². The van der Waals surface area contributed by atoms with Crippen LogP contribution in [0, 0.1) is 0 Å². The second-order valence-electron chi connectivity index (χ2n) is 4.98. The summed E-state index contributed by atoms with van der Waals surface area (Å²) < 4.78 is 0. The first kappa shape index (κ1) is 14.6. The van der Waals surface area contributed by atoms with Gasteiger partial charge in [0.1, 0.15) is 0 Å². The van der Waals surface area contributed by atoms with Crippen molar-refractivity contribution < 1.29 is 0 Å². The van der Waals surface area contributed by atoms with Crippen molar-refractivity contribution in [1.82, 2.24) is 20.6 Å². The van der Waals surface area contributed by atoms with Crippen molar-refractivity contribution in [2.75, 3.05) is 0 Å². The van der Waals surface area contributed by atoms with Gasteiger partial charge in [0.2, 0.25) is 0 Å². The lowest BCUT2D eigenvalue weighted by molar-refractivity contribution is 0.403. The largest absolute Gasteiger partial charge is 0.307 e. The summed E-state index contributed by atoms with van der Waals surface area (Å²) in [7, 11) is 0. The molecular formula is C16H22N4. The molecular weight excluding hydrogens is 248 g/mol. The van der Waals surface area contributed by atoms with Crippen LogP contribution in [-0.2, 0) is 13.1 Å². The number of hydrogen-bond donors (Lipinski definition) is 2. The Kier molecular flexibility index (Phi) is 5.65. The third-order valence-corrected chi connectivity index (χ3v) is 3.41. The van der Waals surface area contributed by atoms with Crippen molar-refractivity contribution in [3.8, 4) is 0 Å². The van der Waals surface area contributed by atoms with Crippen molar-refractivity contribution in [2.45, 2.75) is 39.0 Å². The van der Waals surface area contributed by atoms with Gasteiger partial charge in [0.25, 0.3) is 0 Å². The molecule has 0 radical (unpaired) electrons. The monoisotopic (exact) mass is 270 g/mol. The van der Waals surface area contributed by atoms with Crippen LogP contribution in [0.3, 0.4) is 0 Å². The molecule has 0 amide bonds. The molecule has 0 bridgehead atoms. The molecule has 106 valence electrons. The van der Waals surface area contributed by atoms with Gasteiger partial charge in [-0.05, 0) is 38.1 Å². The number of hydrogen-bond acceptors (Lipinski definition) is 4. The lowest BCUT2D eigenvalue weighted by Crippen LogP contribution is -2.43. The van der Waals surface area contributed by atoms with Gasteiger partial charge in [0.05, 0.1) is 11.4 Å². The van der Waals surface area contributed by atoms with Crippen molar-refractivity contribution in [2.24, 2.45) is 0 Å². The van der Waals surface area contributed by atoms with Crippen LogP contribution in [0.5, 0.6) is 0 Å². The van der Waals surface area contributed by atoms with Crippen molar-refractivity contribution in [3.63, 3.8) is 0 Å². The number of nitrogens with zero attached hydrogens (tertiary/aromatic N) is 2. The first-order chi connectivity index (χ1) is 9.75. The Morgan fingerprint density at radius 2 is 1.25 bits per heavy atom. The lowest BCUT2D eigenvalue weighted by Gasteiger charge is -2.22. The van der Waals surface area contributed by atoms with Crippen LogP contribution in [-0.4, -0.2) is 22.1 Å². The Morgan fingerprint density at radius 3 is 1.60 bits per heavy atom. The highest BCUT2D eigenvalue weighted by Gasteiger charge is 2.11. The second kappa shape index (κ2) is 7.72. The highest BCUT2D eigenvalue weighted by molar-refractivity contribution is 5.04. The maximum Gasteiger partial charge on any atom is 0.0541 e. The number of pyridine rings is 2. The van der Waals surface area contributed by atoms with Crippen molar-refractivity contribution >= 4 is 0 Å². The van der Waals surface area contributed by atoms with E-state index in [1.807, 2.05) is 48.8 Å². The summed E-state index contributed by atoms with van der Waals surface area (Å²) in [5.41, 5.74) is 2.13. The van der Waals surface area contributed by atoms with Gasteiger partial charge in [0.15, 0.2) is 0 Å². The summed E-state index contributed by atoms with van der Waals surface area (Å²) >= 11 is 0. The van der Waals surface area contributed by atoms with Crippen LogP contribution >= 0.6 is 0 Å². The molecule has 20 heavy (non-hydrogen) atoms. The molecule has 4 nitrogen and oxygen atoms in total. The highest BCUT2D eigenvalue weighted by atomic mass is 15.0. The van der Waals surface area contributed by atoms with Gasteiger partial charge in [-0.2, -0.15) is 0 Å². The third-order valence-electron chi connectivity index (χ3n) is 3.41. The lowest BCUT2D eigenvalue weighted by atomic mass is 10.1. The molecule has 0 aliphatic carbocycles. The molecule has 0 fully saturated rings. The molecule has 2 aromatic rings. The summed E-state index contributed by atoms with van der Waals surface area (Å²) in [4.78, 5) is 8.62. The maximum absolute atomic E-state index is 4.31. The van der Waals surface area contributed by atoms with Gasteiger partial charge in [0, 0.05) is 37.6 Å². The number of nitrogens with one attached hydrogen (secondary N) is 2. The predicted octanol–water partition coefficient (Wildman–Crippen LogP) is 2.13. The van der Waals surface area contributed by atoms with E-state index in [9.17, 15) is 0 Å². The zero-order valence-electron chi connectivity index (χ0n) is 12.1. The van der Waals surface area contributed by atoms with E-state index in [1.165, 1.54) is 0 Å². The van der Waals surface area contributed by atoms with E-state index in [0.29, 0.717) is 12.1 Å². The molecule has 2 N–H and O–H groups in total. The average Bonchev–Trinajstić information content (AvgIpc) is 2.52. The molecule has 0 saturated carbocycles. The highest BCUT2D eigenvalue weighted by Crippen LogP contribution is 1.99. The van der Waals surface area contributed by atoms with Gasteiger partial charge in [-0.3, -0.25) is 9.97 Å². The molecule has 0 spiro atoms. The first-order valence-corrected chi connectivity index (χ1v) is 7.02. The summed E-state index contributed by atoms with van der Waals surface area (Å²) in [5, 5.41) is 6.98. The van der Waals surface area contributed by atoms with Crippen LogP contribution in [0.2, 0.25) is 0 Å². The van der Waals surface area contributed by atoms with E-state index in [1.54, 1.807) is 0 Å². The minimum absolute atomic E-state index is 0.362. The van der Waals surface area contributed by atoms with Gasteiger partial charge in [-0.1, -0.05) is 12.1 Å². The molecule has 0 aliphatic heterocycles. The molecule has 2 atom stereocenters. The summed E-state index contributed by atoms with van der Waals surface area (Å²) in [6.07, 6.45) is 3.65. The fraction of sp³-hybridized carbons (Fsp3) is 0.375. The van der Waals surface area contributed by atoms with E-state index in [4.69, 9.17) is 0 Å². The van der Waals surface area contributed by atoms with Crippen molar-refractivity contribution in [1.29, 1.82) is 0 Å². The average molecular weight is 270 g/mol. The Morgan fingerprint density at radius 1 is 0.800 bits per heavy atom. The molecule has 2 rings (SSSR count). The summed E-state index contributed by atoms with van der Waals surface area (Å²) in [6, 6.07) is 12.7. The van der Waals surface area contributed by atoms with E-state index in [-0.39, 0.29) is 0 Å². The number of aromatic nitrogens is 2. The van der Waals surface area contributed by atoms with Gasteiger partial charge < -0.3 is 10.6 Å². The molecule has 2 unspecified atom stereocenters. The standard InChI is InChI=1S/C16H22N4/c1-13(19-11-15-7-3-5-9-17-15)14(2)20-12-16-8-4-6-10-18-16/h3-10,13-14,19-20H,11-12H2,1-2H3. The molecule has 0 aromatic carbocycles. The summed E-state index contributed by atoms with van der Waals surface area (Å²) in [5.74, 6) is 0. The molecule has 2 aromatic heterocycles. The van der Waals surface area contributed by atoms with E-state index < -0.39 is 0 Å². The zero-order chi connectivity index (χ0) is 14.2. The Balaban J connectivity index is 1.73. The summed E-state index contributed by atoms with van der Waals surface area (Å²) in [6.45, 7) is 5.94. The quantitative estimate of drug-likeness (QED) is 0.809. The second-order valence-corrected chi connectivity index (χ2v) is 4.98. The normalized spacial score (nSPS) is 13.9. The van der Waals surface area contributed by atoms with Gasteiger partial charge in [-0.25, -0.2) is 0 Å². The maximum atomic E-state index is 4.31. The number of rotatable bonds is 7. The van der Waals surface area contributed by atoms with Crippen LogP contribution in [0.1, 0.15) is 25.2 Å². The first-order valence-electron chi connectivity index (χ1n) is 7.02. The Labute approximate surface area is 120 Å². The smallest absolute Gasteiger partial charge is 0.0541 e. The topological polar surface area (TPSA) is 49.8 Å². The van der Waals surface area contributed by atoms with Gasteiger partial charge >= 0.3 is 0 Å². The Hall–Kier alpha value is -1.78. The van der Waals surface area contributed by atoms with Crippen molar-refractivity contribution in [3.05, 3.63) is 60.2 Å². The molecule has 2 heterocycles. The van der Waals surface area contributed by atoms with Gasteiger partial charge in [-0.15, -0.1) is 0 Å². The fourth-order valence-electron chi connectivity index (χ4n) is 1.89. The SMILES string of the molecule is CC(NCc1ccccn1)C(C)NCc1ccccn1. The molecule has 0 saturated heterocycles. The van der Waals surface area contributed by atoms with Crippen LogP contribution in [0.25, 0.3) is 0 Å². The Bertz CT molecular complexity index is 439. The minimum Gasteiger partial charge on any atom is -0.307 e. The zero-order valence-corrected chi connectivity index (χ0v) is 12.1.